The molecule has 150 valence electrons. The van der Waals surface area contributed by atoms with Gasteiger partial charge >= 0.3 is 6.18 Å². The highest BCUT2D eigenvalue weighted by atomic mass is 19.4. The maximum absolute atomic E-state index is 12.9. The molecule has 0 saturated carbocycles. The molecule has 1 N–H and O–H groups in total. The van der Waals surface area contributed by atoms with Gasteiger partial charge in [-0.2, -0.15) is 13.2 Å². The lowest BCUT2D eigenvalue weighted by Crippen LogP contribution is -2.47. The number of nitrogens with zero attached hydrogens (tertiary/aromatic N) is 2. The molecule has 0 bridgehead atoms. The van der Waals surface area contributed by atoms with Gasteiger partial charge in [0.1, 0.15) is 5.56 Å². The number of hydrogen-bond donors (Lipinski definition) is 1. The van der Waals surface area contributed by atoms with E-state index in [0.29, 0.717) is 19.6 Å². The third-order valence-electron chi connectivity index (χ3n) is 4.52. The summed E-state index contributed by atoms with van der Waals surface area (Å²) in [5.41, 5.74) is 1.21. The Morgan fingerprint density at radius 2 is 2.00 bits per heavy atom. The lowest BCUT2D eigenvalue weighted by atomic mass is 10.0. The maximum Gasteiger partial charge on any atom is 0.422 e. The fraction of sp³-hybridized carbons (Fsp3) is 0.400. The SMILES string of the molecule is O=C(c1cccnc1OCC(F)(F)F)N1CCCC(NCc2ccccc2)C1. The molecule has 1 unspecified atom stereocenters. The number of alkyl halides is 3. The van der Waals surface area contributed by atoms with Crippen molar-refractivity contribution in [3.05, 3.63) is 59.8 Å². The maximum atomic E-state index is 12.9. The van der Waals surface area contributed by atoms with E-state index in [-0.39, 0.29) is 23.4 Å². The fourth-order valence-electron chi connectivity index (χ4n) is 3.18. The molecular formula is C20H22F3N3O2. The van der Waals surface area contributed by atoms with Crippen molar-refractivity contribution in [2.45, 2.75) is 31.6 Å². The Hall–Kier alpha value is -2.61. The second kappa shape index (κ2) is 9.05. The summed E-state index contributed by atoms with van der Waals surface area (Å²) < 4.78 is 42.1. The first kappa shape index (κ1) is 20.1. The van der Waals surface area contributed by atoms with Gasteiger partial charge in [-0.15, -0.1) is 0 Å². The first-order valence-electron chi connectivity index (χ1n) is 9.13. The van der Waals surface area contributed by atoms with Crippen LogP contribution >= 0.6 is 0 Å². The zero-order valence-corrected chi connectivity index (χ0v) is 15.3. The number of pyridine rings is 1. The molecule has 0 spiro atoms. The van der Waals surface area contributed by atoms with Crippen LogP contribution < -0.4 is 10.1 Å². The molecule has 1 aromatic carbocycles. The number of ether oxygens (including phenoxy) is 1. The van der Waals surface area contributed by atoms with Crippen LogP contribution in [0, 0.1) is 0 Å². The number of halogens is 3. The summed E-state index contributed by atoms with van der Waals surface area (Å²) in [6.45, 7) is 0.251. The summed E-state index contributed by atoms with van der Waals surface area (Å²) in [7, 11) is 0. The predicted molar refractivity (Wildman–Crippen MR) is 98.0 cm³/mol. The van der Waals surface area contributed by atoms with Crippen molar-refractivity contribution >= 4 is 5.91 Å². The summed E-state index contributed by atoms with van der Waals surface area (Å²) in [4.78, 5) is 18.3. The third-order valence-corrected chi connectivity index (χ3v) is 4.52. The van der Waals surface area contributed by atoms with Gasteiger partial charge in [-0.1, -0.05) is 30.3 Å². The summed E-state index contributed by atoms with van der Waals surface area (Å²) in [5, 5.41) is 3.44. The van der Waals surface area contributed by atoms with E-state index >= 15 is 0 Å². The van der Waals surface area contributed by atoms with Crippen LogP contribution in [0.2, 0.25) is 0 Å². The quantitative estimate of drug-likeness (QED) is 0.817. The molecule has 5 nitrogen and oxygen atoms in total. The number of hydrogen-bond acceptors (Lipinski definition) is 4. The van der Waals surface area contributed by atoms with Crippen molar-refractivity contribution in [2.24, 2.45) is 0 Å². The van der Waals surface area contributed by atoms with Crippen molar-refractivity contribution in [3.63, 3.8) is 0 Å². The zero-order valence-electron chi connectivity index (χ0n) is 15.3. The van der Waals surface area contributed by atoms with E-state index in [0.717, 1.165) is 18.4 Å². The van der Waals surface area contributed by atoms with Gasteiger partial charge < -0.3 is 15.0 Å². The van der Waals surface area contributed by atoms with E-state index in [9.17, 15) is 18.0 Å². The Kier molecular flexibility index (Phi) is 6.51. The minimum absolute atomic E-state index is 0.0514. The first-order valence-corrected chi connectivity index (χ1v) is 9.13. The third kappa shape index (κ3) is 5.69. The number of piperidine rings is 1. The number of amides is 1. The van der Waals surface area contributed by atoms with Crippen molar-refractivity contribution in [2.75, 3.05) is 19.7 Å². The van der Waals surface area contributed by atoms with Gasteiger partial charge in [-0.25, -0.2) is 4.98 Å². The Morgan fingerprint density at radius 1 is 1.21 bits per heavy atom. The van der Waals surface area contributed by atoms with E-state index in [2.05, 4.69) is 10.3 Å². The molecule has 1 aliphatic rings. The molecule has 3 rings (SSSR count). The summed E-state index contributed by atoms with van der Waals surface area (Å²) in [6, 6.07) is 13.0. The van der Waals surface area contributed by atoms with Crippen molar-refractivity contribution in [1.82, 2.24) is 15.2 Å². The van der Waals surface area contributed by atoms with Gasteiger partial charge in [0.05, 0.1) is 0 Å². The van der Waals surface area contributed by atoms with Crippen LogP contribution in [0.3, 0.4) is 0 Å². The number of carbonyl (C=O) groups excluding carboxylic acids is 1. The fourth-order valence-corrected chi connectivity index (χ4v) is 3.18. The lowest BCUT2D eigenvalue weighted by molar-refractivity contribution is -0.154. The molecule has 2 heterocycles. The molecule has 0 aliphatic carbocycles. The Balaban J connectivity index is 1.62. The largest absolute Gasteiger partial charge is 0.467 e. The predicted octanol–water partition coefficient (Wildman–Crippen LogP) is 3.42. The van der Waals surface area contributed by atoms with Crippen molar-refractivity contribution in [1.29, 1.82) is 0 Å². The van der Waals surface area contributed by atoms with E-state index in [4.69, 9.17) is 4.74 Å². The van der Waals surface area contributed by atoms with Crippen LogP contribution in [0.15, 0.2) is 48.7 Å². The molecular weight excluding hydrogens is 371 g/mol. The number of nitrogens with one attached hydrogen (secondary N) is 1. The molecule has 1 amide bonds. The summed E-state index contributed by atoms with van der Waals surface area (Å²) in [6.07, 6.45) is -1.43. The van der Waals surface area contributed by atoms with Crippen molar-refractivity contribution < 1.29 is 22.7 Å². The highest BCUT2D eigenvalue weighted by Gasteiger charge is 2.31. The topological polar surface area (TPSA) is 54.5 Å². The molecule has 1 atom stereocenters. The average molecular weight is 393 g/mol. The van der Waals surface area contributed by atoms with Crippen LogP contribution in [0.5, 0.6) is 5.88 Å². The van der Waals surface area contributed by atoms with Gasteiger partial charge in [0.2, 0.25) is 5.88 Å². The van der Waals surface area contributed by atoms with Crippen LogP contribution in [0.1, 0.15) is 28.8 Å². The molecule has 28 heavy (non-hydrogen) atoms. The number of aromatic nitrogens is 1. The average Bonchev–Trinajstić information content (AvgIpc) is 2.71. The number of benzene rings is 1. The van der Waals surface area contributed by atoms with E-state index in [1.807, 2.05) is 30.3 Å². The Bertz CT molecular complexity index is 784. The molecule has 1 aromatic heterocycles. The molecule has 1 aliphatic heterocycles. The van der Waals surface area contributed by atoms with Gasteiger partial charge in [0.15, 0.2) is 6.61 Å². The Morgan fingerprint density at radius 3 is 2.75 bits per heavy atom. The normalized spacial score (nSPS) is 17.4. The van der Waals surface area contributed by atoms with Gasteiger partial charge in [-0.3, -0.25) is 4.79 Å². The molecule has 2 aromatic rings. The summed E-state index contributed by atoms with van der Waals surface area (Å²) >= 11 is 0. The van der Waals surface area contributed by atoms with Crippen LogP contribution in [-0.4, -0.2) is 47.7 Å². The standard InChI is InChI=1S/C20H22F3N3O2/c21-20(22,23)14-28-18-17(9-4-10-24-18)19(27)26-11-5-8-16(13-26)25-12-15-6-2-1-3-7-15/h1-4,6-7,9-10,16,25H,5,8,11-14H2. The number of carbonyl (C=O) groups is 1. The number of likely N-dealkylation sites (tertiary alicyclic amines) is 1. The second-order valence-corrected chi connectivity index (χ2v) is 6.72. The second-order valence-electron chi connectivity index (χ2n) is 6.72. The van der Waals surface area contributed by atoms with Crippen molar-refractivity contribution in [3.8, 4) is 5.88 Å². The zero-order chi connectivity index (χ0) is 20.0. The number of rotatable bonds is 6. The molecule has 1 saturated heterocycles. The highest BCUT2D eigenvalue weighted by molar-refractivity contribution is 5.96. The van der Waals surface area contributed by atoms with Gasteiger partial charge in [0, 0.05) is 31.9 Å². The van der Waals surface area contributed by atoms with Gasteiger partial charge in [-0.05, 0) is 30.5 Å². The minimum Gasteiger partial charge on any atom is -0.467 e. The molecule has 8 heteroatoms. The van der Waals surface area contributed by atoms with E-state index in [1.165, 1.54) is 18.3 Å². The van der Waals surface area contributed by atoms with Crippen LogP contribution in [0.25, 0.3) is 0 Å². The molecule has 0 radical (unpaired) electrons. The highest BCUT2D eigenvalue weighted by Crippen LogP contribution is 2.22. The Labute approximate surface area is 161 Å². The minimum atomic E-state index is -4.49. The van der Waals surface area contributed by atoms with Crippen LogP contribution in [-0.2, 0) is 6.54 Å². The molecule has 1 fully saturated rings. The lowest BCUT2D eigenvalue weighted by Gasteiger charge is -2.33. The van der Waals surface area contributed by atoms with Gasteiger partial charge in [0.25, 0.3) is 5.91 Å². The van der Waals surface area contributed by atoms with Crippen LogP contribution in [0.4, 0.5) is 13.2 Å². The van der Waals surface area contributed by atoms with E-state index < -0.39 is 12.8 Å². The first-order chi connectivity index (χ1) is 13.4. The monoisotopic (exact) mass is 393 g/mol. The van der Waals surface area contributed by atoms with E-state index in [1.54, 1.807) is 4.90 Å². The smallest absolute Gasteiger partial charge is 0.422 e. The summed E-state index contributed by atoms with van der Waals surface area (Å²) in [5.74, 6) is -0.652.